The Hall–Kier alpha value is -2.60. The normalized spacial score (nSPS) is 16.6. The summed E-state index contributed by atoms with van der Waals surface area (Å²) in [6.07, 6.45) is 0. The van der Waals surface area contributed by atoms with E-state index in [4.69, 9.17) is 9.73 Å². The summed E-state index contributed by atoms with van der Waals surface area (Å²) in [7, 11) is 0. The number of amidine groups is 1. The number of benzene rings is 2. The van der Waals surface area contributed by atoms with Gasteiger partial charge < -0.3 is 10.1 Å². The fourth-order valence-corrected chi connectivity index (χ4v) is 3.74. The fraction of sp³-hybridized carbons (Fsp3) is 0.238. The summed E-state index contributed by atoms with van der Waals surface area (Å²) in [5.74, 6) is -0.0450. The Labute approximate surface area is 162 Å². The fourth-order valence-electron chi connectivity index (χ4n) is 2.85. The Morgan fingerprint density at radius 1 is 1.22 bits per heavy atom. The van der Waals surface area contributed by atoms with Gasteiger partial charge in [0.25, 0.3) is 0 Å². The molecule has 1 heterocycles. The third-order valence-electron chi connectivity index (χ3n) is 4.09. The van der Waals surface area contributed by atoms with Gasteiger partial charge in [-0.2, -0.15) is 0 Å². The largest absolute Gasteiger partial charge is 0.463 e. The number of hydrogen-bond donors (Lipinski definition) is 1. The van der Waals surface area contributed by atoms with Crippen LogP contribution in [-0.4, -0.2) is 17.7 Å². The van der Waals surface area contributed by atoms with Crippen molar-refractivity contribution in [2.75, 3.05) is 6.61 Å². The zero-order valence-corrected chi connectivity index (χ0v) is 16.1. The maximum Gasteiger partial charge on any atom is 0.338 e. The summed E-state index contributed by atoms with van der Waals surface area (Å²) in [4.78, 5) is 17.2. The molecule has 2 aromatic carbocycles. The number of carbonyl (C=O) groups is 1. The standard InChI is InChI=1S/C21H21FN2O2S/c1-3-26-20(25)18-14(2)23-21(24-19(18)16-9-5-4-6-10-16)27-13-15-8-7-11-17(22)12-15/h4-12,19H,3,13H2,1-2H3,(H,23,24)/t19-/m1/s1. The van der Waals surface area contributed by atoms with E-state index in [9.17, 15) is 9.18 Å². The van der Waals surface area contributed by atoms with Gasteiger partial charge in [-0.25, -0.2) is 14.2 Å². The second-order valence-corrected chi connectivity index (χ2v) is 7.01. The van der Waals surface area contributed by atoms with Crippen LogP contribution in [0.15, 0.2) is 70.9 Å². The molecular formula is C21H21FN2O2S. The summed E-state index contributed by atoms with van der Waals surface area (Å²) in [6.45, 7) is 3.94. The van der Waals surface area contributed by atoms with Crippen molar-refractivity contribution in [3.63, 3.8) is 0 Å². The lowest BCUT2D eigenvalue weighted by molar-refractivity contribution is -0.138. The van der Waals surface area contributed by atoms with Crippen molar-refractivity contribution in [2.24, 2.45) is 4.99 Å². The van der Waals surface area contributed by atoms with Crippen LogP contribution in [0.1, 0.15) is 31.0 Å². The van der Waals surface area contributed by atoms with Gasteiger partial charge in [0.05, 0.1) is 12.2 Å². The lowest BCUT2D eigenvalue weighted by Crippen LogP contribution is -2.30. The minimum atomic E-state index is -0.429. The number of halogens is 1. The number of allylic oxidation sites excluding steroid dienone is 1. The van der Waals surface area contributed by atoms with Gasteiger partial charge in [0.2, 0.25) is 0 Å². The quantitative estimate of drug-likeness (QED) is 0.766. The Balaban J connectivity index is 1.85. The molecule has 3 rings (SSSR count). The molecule has 1 atom stereocenters. The van der Waals surface area contributed by atoms with Crippen molar-refractivity contribution in [3.05, 3.63) is 82.8 Å². The van der Waals surface area contributed by atoms with Gasteiger partial charge in [-0.05, 0) is 37.1 Å². The first-order valence-electron chi connectivity index (χ1n) is 8.73. The molecule has 4 nitrogen and oxygen atoms in total. The predicted molar refractivity (Wildman–Crippen MR) is 107 cm³/mol. The van der Waals surface area contributed by atoms with Gasteiger partial charge in [0.15, 0.2) is 5.17 Å². The van der Waals surface area contributed by atoms with Crippen LogP contribution in [0.4, 0.5) is 4.39 Å². The topological polar surface area (TPSA) is 50.7 Å². The number of hydrogen-bond acceptors (Lipinski definition) is 5. The molecule has 6 heteroatoms. The molecule has 0 fully saturated rings. The summed E-state index contributed by atoms with van der Waals surface area (Å²) >= 11 is 1.47. The van der Waals surface area contributed by atoms with Crippen LogP contribution >= 0.6 is 11.8 Å². The van der Waals surface area contributed by atoms with Crippen LogP contribution in [0.3, 0.4) is 0 Å². The molecule has 27 heavy (non-hydrogen) atoms. The van der Waals surface area contributed by atoms with Gasteiger partial charge in [-0.3, -0.25) is 0 Å². The van der Waals surface area contributed by atoms with E-state index in [0.717, 1.165) is 16.8 Å². The number of rotatable bonds is 5. The van der Waals surface area contributed by atoms with Crippen molar-refractivity contribution in [1.82, 2.24) is 5.32 Å². The summed E-state index contributed by atoms with van der Waals surface area (Å²) in [5, 5.41) is 3.88. The van der Waals surface area contributed by atoms with Crippen molar-refractivity contribution in [2.45, 2.75) is 25.6 Å². The van der Waals surface area contributed by atoms with Gasteiger partial charge in [-0.15, -0.1) is 0 Å². The monoisotopic (exact) mass is 384 g/mol. The van der Waals surface area contributed by atoms with Crippen molar-refractivity contribution >= 4 is 22.9 Å². The van der Waals surface area contributed by atoms with Gasteiger partial charge in [0, 0.05) is 11.4 Å². The second-order valence-electron chi connectivity index (χ2n) is 6.05. The lowest BCUT2D eigenvalue weighted by Gasteiger charge is -2.25. The number of thioether (sulfide) groups is 1. The molecule has 0 aromatic heterocycles. The Morgan fingerprint density at radius 3 is 2.70 bits per heavy atom. The molecular weight excluding hydrogens is 363 g/mol. The molecule has 0 saturated carbocycles. The predicted octanol–water partition coefficient (Wildman–Crippen LogP) is 4.60. The number of esters is 1. The van der Waals surface area contributed by atoms with Crippen LogP contribution in [-0.2, 0) is 15.3 Å². The molecule has 0 radical (unpaired) electrons. The van der Waals surface area contributed by atoms with E-state index in [-0.39, 0.29) is 11.8 Å². The van der Waals surface area contributed by atoms with Crippen LogP contribution in [0.5, 0.6) is 0 Å². The van der Waals surface area contributed by atoms with E-state index >= 15 is 0 Å². The van der Waals surface area contributed by atoms with E-state index in [2.05, 4.69) is 5.32 Å². The maximum atomic E-state index is 13.4. The van der Waals surface area contributed by atoms with Crippen LogP contribution in [0.2, 0.25) is 0 Å². The molecule has 2 aromatic rings. The Morgan fingerprint density at radius 2 is 2.00 bits per heavy atom. The van der Waals surface area contributed by atoms with E-state index in [1.54, 1.807) is 13.0 Å². The van der Waals surface area contributed by atoms with E-state index in [1.807, 2.05) is 43.3 Å². The van der Waals surface area contributed by atoms with Gasteiger partial charge in [0.1, 0.15) is 11.9 Å². The second kappa shape index (κ2) is 8.86. The lowest BCUT2D eigenvalue weighted by atomic mass is 9.97. The SMILES string of the molecule is CCOC(=O)C1=C(C)NC(SCc2cccc(F)c2)=N[C@@H]1c1ccccc1. The first-order valence-corrected chi connectivity index (χ1v) is 9.72. The highest BCUT2D eigenvalue weighted by Gasteiger charge is 2.30. The van der Waals surface area contributed by atoms with Gasteiger partial charge in [-0.1, -0.05) is 54.2 Å². The van der Waals surface area contributed by atoms with Crippen molar-refractivity contribution in [3.8, 4) is 0 Å². The molecule has 0 unspecified atom stereocenters. The molecule has 0 aliphatic carbocycles. The minimum Gasteiger partial charge on any atom is -0.463 e. The smallest absolute Gasteiger partial charge is 0.338 e. The molecule has 1 N–H and O–H groups in total. The molecule has 1 aliphatic heterocycles. The van der Waals surface area contributed by atoms with E-state index in [1.165, 1.54) is 23.9 Å². The highest BCUT2D eigenvalue weighted by molar-refractivity contribution is 8.13. The number of nitrogens with zero attached hydrogens (tertiary/aromatic N) is 1. The Kier molecular flexibility index (Phi) is 6.29. The van der Waals surface area contributed by atoms with E-state index < -0.39 is 6.04 Å². The highest BCUT2D eigenvalue weighted by Crippen LogP contribution is 2.33. The summed E-state index contributed by atoms with van der Waals surface area (Å²) < 4.78 is 18.6. The van der Waals surface area contributed by atoms with Crippen molar-refractivity contribution < 1.29 is 13.9 Å². The Bertz CT molecular complexity index is 881. The zero-order valence-electron chi connectivity index (χ0n) is 15.2. The van der Waals surface area contributed by atoms with Crippen molar-refractivity contribution in [1.29, 1.82) is 0 Å². The molecule has 0 bridgehead atoms. The number of ether oxygens (including phenoxy) is 1. The average Bonchev–Trinajstić information content (AvgIpc) is 2.67. The van der Waals surface area contributed by atoms with Crippen LogP contribution in [0.25, 0.3) is 0 Å². The molecule has 140 valence electrons. The summed E-state index contributed by atoms with van der Waals surface area (Å²) in [6, 6.07) is 15.7. The molecule has 0 amide bonds. The first-order chi connectivity index (χ1) is 13.1. The highest BCUT2D eigenvalue weighted by atomic mass is 32.2. The summed E-state index contributed by atoms with van der Waals surface area (Å²) in [5.41, 5.74) is 3.03. The molecule has 0 spiro atoms. The van der Waals surface area contributed by atoms with Crippen LogP contribution in [0, 0.1) is 5.82 Å². The van der Waals surface area contributed by atoms with Crippen LogP contribution < -0.4 is 5.32 Å². The zero-order chi connectivity index (χ0) is 19.2. The average molecular weight is 384 g/mol. The molecule has 1 aliphatic rings. The first kappa shape index (κ1) is 19.2. The third kappa shape index (κ3) is 4.77. The van der Waals surface area contributed by atoms with E-state index in [0.29, 0.717) is 23.1 Å². The van der Waals surface area contributed by atoms with Gasteiger partial charge >= 0.3 is 5.97 Å². The minimum absolute atomic E-state index is 0.255. The number of nitrogens with one attached hydrogen (secondary N) is 1. The number of aliphatic imine (C=N–C) groups is 1. The third-order valence-corrected chi connectivity index (χ3v) is 5.05. The number of carbonyl (C=O) groups excluding carboxylic acids is 1. The maximum absolute atomic E-state index is 13.4. The molecule has 0 saturated heterocycles.